The van der Waals surface area contributed by atoms with Crippen LogP contribution in [0, 0.1) is 5.82 Å². The number of pyridine rings is 1. The lowest BCUT2D eigenvalue weighted by atomic mass is 10.2. The van der Waals surface area contributed by atoms with Crippen LogP contribution in [-0.2, 0) is 11.0 Å². The van der Waals surface area contributed by atoms with Gasteiger partial charge in [0.15, 0.2) is 0 Å². The molecule has 1 aliphatic heterocycles. The molecule has 5 nitrogen and oxygen atoms in total. The van der Waals surface area contributed by atoms with Gasteiger partial charge in [0.05, 0.1) is 18.6 Å². The summed E-state index contributed by atoms with van der Waals surface area (Å²) in [6.45, 7) is 2.08. The van der Waals surface area contributed by atoms with E-state index in [4.69, 9.17) is 4.74 Å². The van der Waals surface area contributed by atoms with E-state index in [0.717, 1.165) is 12.3 Å². The second-order valence-corrected chi connectivity index (χ2v) is 6.32. The van der Waals surface area contributed by atoms with Crippen LogP contribution in [0.3, 0.4) is 0 Å². The van der Waals surface area contributed by atoms with E-state index in [1.165, 1.54) is 30.3 Å². The number of piperazine rings is 1. The molecule has 1 aliphatic rings. The Balaban J connectivity index is 1.44. The standard InChI is InChI=1S/C19H19F4N3O2/c20-15-2-4-16(5-3-15)28-12-7-18(27)26-10-8-25(9-11-26)17-6-1-14(13-24-17)19(21,22)23/h1-6,13H,7-12H2. The monoisotopic (exact) mass is 397 g/mol. The van der Waals surface area contributed by atoms with Gasteiger partial charge in [0.2, 0.25) is 5.91 Å². The Kier molecular flexibility index (Phi) is 6.01. The van der Waals surface area contributed by atoms with E-state index in [1.54, 1.807) is 4.90 Å². The average molecular weight is 397 g/mol. The molecule has 1 aromatic heterocycles. The normalized spacial score (nSPS) is 14.9. The van der Waals surface area contributed by atoms with Gasteiger partial charge in [0, 0.05) is 32.4 Å². The summed E-state index contributed by atoms with van der Waals surface area (Å²) in [5.41, 5.74) is -0.786. The first-order valence-electron chi connectivity index (χ1n) is 8.77. The molecule has 0 spiro atoms. The summed E-state index contributed by atoms with van der Waals surface area (Å²) >= 11 is 0. The first kappa shape index (κ1) is 19.9. The van der Waals surface area contributed by atoms with Crippen molar-refractivity contribution < 1.29 is 27.1 Å². The molecule has 0 radical (unpaired) electrons. The zero-order valence-corrected chi connectivity index (χ0v) is 15.0. The van der Waals surface area contributed by atoms with Gasteiger partial charge in [-0.25, -0.2) is 9.37 Å². The molecule has 1 aromatic carbocycles. The number of halogens is 4. The molecule has 0 bridgehead atoms. The summed E-state index contributed by atoms with van der Waals surface area (Å²) in [5, 5.41) is 0. The number of rotatable bonds is 5. The van der Waals surface area contributed by atoms with Gasteiger partial charge in [-0.15, -0.1) is 0 Å². The Bertz CT molecular complexity index is 786. The van der Waals surface area contributed by atoms with E-state index in [9.17, 15) is 22.4 Å². The summed E-state index contributed by atoms with van der Waals surface area (Å²) < 4.78 is 56.1. The van der Waals surface area contributed by atoms with Crippen LogP contribution in [0.1, 0.15) is 12.0 Å². The SMILES string of the molecule is O=C(CCOc1ccc(F)cc1)N1CCN(c2ccc(C(F)(F)F)cn2)CC1. The van der Waals surface area contributed by atoms with Crippen molar-refractivity contribution in [3.05, 3.63) is 54.0 Å². The minimum Gasteiger partial charge on any atom is -0.493 e. The fourth-order valence-corrected chi connectivity index (χ4v) is 2.87. The number of amides is 1. The quantitative estimate of drug-likeness (QED) is 0.726. The number of hydrogen-bond donors (Lipinski definition) is 0. The van der Waals surface area contributed by atoms with Gasteiger partial charge in [0.1, 0.15) is 17.4 Å². The van der Waals surface area contributed by atoms with Crippen molar-refractivity contribution in [1.29, 1.82) is 0 Å². The van der Waals surface area contributed by atoms with Crippen LogP contribution in [0.25, 0.3) is 0 Å². The number of anilines is 1. The van der Waals surface area contributed by atoms with E-state index in [2.05, 4.69) is 4.98 Å². The number of carbonyl (C=O) groups is 1. The van der Waals surface area contributed by atoms with Crippen molar-refractivity contribution in [1.82, 2.24) is 9.88 Å². The average Bonchev–Trinajstić information content (AvgIpc) is 2.69. The van der Waals surface area contributed by atoms with Crippen molar-refractivity contribution in [2.45, 2.75) is 12.6 Å². The minimum absolute atomic E-state index is 0.0675. The molecule has 28 heavy (non-hydrogen) atoms. The predicted octanol–water partition coefficient (Wildman–Crippen LogP) is 3.36. The molecule has 150 valence electrons. The third-order valence-corrected chi connectivity index (χ3v) is 4.43. The third-order valence-electron chi connectivity index (χ3n) is 4.43. The topological polar surface area (TPSA) is 45.7 Å². The molecular weight excluding hydrogens is 378 g/mol. The van der Waals surface area contributed by atoms with Gasteiger partial charge in [-0.2, -0.15) is 13.2 Å². The Hall–Kier alpha value is -2.84. The summed E-state index contributed by atoms with van der Waals surface area (Å²) in [5.74, 6) is 0.526. The zero-order chi connectivity index (χ0) is 20.1. The van der Waals surface area contributed by atoms with Crippen LogP contribution in [0.15, 0.2) is 42.6 Å². The molecule has 9 heteroatoms. The molecule has 3 rings (SSSR count). The van der Waals surface area contributed by atoms with Crippen molar-refractivity contribution in [3.63, 3.8) is 0 Å². The van der Waals surface area contributed by atoms with Crippen LogP contribution < -0.4 is 9.64 Å². The number of benzene rings is 1. The molecule has 0 saturated carbocycles. The van der Waals surface area contributed by atoms with E-state index in [-0.39, 0.29) is 24.8 Å². The van der Waals surface area contributed by atoms with Gasteiger partial charge >= 0.3 is 6.18 Å². The van der Waals surface area contributed by atoms with Crippen LogP contribution in [0.2, 0.25) is 0 Å². The Labute approximate surface area is 159 Å². The second-order valence-electron chi connectivity index (χ2n) is 6.32. The third kappa shape index (κ3) is 5.11. The largest absolute Gasteiger partial charge is 0.493 e. The highest BCUT2D eigenvalue weighted by atomic mass is 19.4. The molecule has 1 fully saturated rings. The number of nitrogens with zero attached hydrogens (tertiary/aromatic N) is 3. The van der Waals surface area contributed by atoms with Crippen molar-refractivity contribution in [2.24, 2.45) is 0 Å². The van der Waals surface area contributed by atoms with Gasteiger partial charge in [-0.3, -0.25) is 4.79 Å². The van der Waals surface area contributed by atoms with E-state index < -0.39 is 11.7 Å². The lowest BCUT2D eigenvalue weighted by Crippen LogP contribution is -2.49. The van der Waals surface area contributed by atoms with E-state index in [0.29, 0.717) is 37.7 Å². The highest BCUT2D eigenvalue weighted by Gasteiger charge is 2.31. The highest BCUT2D eigenvalue weighted by molar-refractivity contribution is 5.76. The Morgan fingerprint density at radius 1 is 1.04 bits per heavy atom. The van der Waals surface area contributed by atoms with Crippen LogP contribution in [-0.4, -0.2) is 48.6 Å². The summed E-state index contributed by atoms with van der Waals surface area (Å²) in [4.78, 5) is 19.7. The predicted molar refractivity (Wildman–Crippen MR) is 94.5 cm³/mol. The second kappa shape index (κ2) is 8.45. The fourth-order valence-electron chi connectivity index (χ4n) is 2.87. The molecule has 0 aliphatic carbocycles. The first-order chi connectivity index (χ1) is 13.3. The molecule has 0 N–H and O–H groups in total. The first-order valence-corrected chi connectivity index (χ1v) is 8.77. The summed E-state index contributed by atoms with van der Waals surface area (Å²) in [7, 11) is 0. The van der Waals surface area contributed by atoms with Gasteiger partial charge in [-0.1, -0.05) is 0 Å². The molecule has 1 amide bonds. The number of aromatic nitrogens is 1. The minimum atomic E-state index is -4.41. The van der Waals surface area contributed by atoms with E-state index in [1.807, 2.05) is 4.90 Å². The highest BCUT2D eigenvalue weighted by Crippen LogP contribution is 2.29. The summed E-state index contributed by atoms with van der Waals surface area (Å²) in [6.07, 6.45) is -3.40. The molecule has 1 saturated heterocycles. The Morgan fingerprint density at radius 3 is 2.29 bits per heavy atom. The van der Waals surface area contributed by atoms with Gasteiger partial charge in [0.25, 0.3) is 0 Å². The van der Waals surface area contributed by atoms with Crippen LogP contribution in [0.5, 0.6) is 5.75 Å². The summed E-state index contributed by atoms with van der Waals surface area (Å²) in [6, 6.07) is 7.91. The lowest BCUT2D eigenvalue weighted by Gasteiger charge is -2.35. The molecule has 2 aromatic rings. The molecule has 0 atom stereocenters. The van der Waals surface area contributed by atoms with Crippen molar-refractivity contribution in [2.75, 3.05) is 37.7 Å². The Morgan fingerprint density at radius 2 is 1.71 bits per heavy atom. The smallest absolute Gasteiger partial charge is 0.417 e. The number of hydrogen-bond acceptors (Lipinski definition) is 4. The zero-order valence-electron chi connectivity index (χ0n) is 15.0. The maximum atomic E-state index is 12.8. The fraction of sp³-hybridized carbons (Fsp3) is 0.368. The number of ether oxygens (including phenoxy) is 1. The van der Waals surface area contributed by atoms with Gasteiger partial charge in [-0.05, 0) is 36.4 Å². The lowest BCUT2D eigenvalue weighted by molar-refractivity contribution is -0.138. The molecular formula is C19H19F4N3O2. The van der Waals surface area contributed by atoms with Crippen molar-refractivity contribution in [3.8, 4) is 5.75 Å². The van der Waals surface area contributed by atoms with Crippen molar-refractivity contribution >= 4 is 11.7 Å². The molecule has 0 unspecified atom stereocenters. The maximum Gasteiger partial charge on any atom is 0.417 e. The maximum absolute atomic E-state index is 12.8. The number of alkyl halides is 3. The van der Waals surface area contributed by atoms with Crippen LogP contribution >= 0.6 is 0 Å². The van der Waals surface area contributed by atoms with Crippen LogP contribution in [0.4, 0.5) is 23.4 Å². The molecule has 2 heterocycles. The number of carbonyl (C=O) groups excluding carboxylic acids is 1. The van der Waals surface area contributed by atoms with E-state index >= 15 is 0 Å². The van der Waals surface area contributed by atoms with Gasteiger partial charge < -0.3 is 14.5 Å².